The lowest BCUT2D eigenvalue weighted by Crippen LogP contribution is -2.30. The van der Waals surface area contributed by atoms with Gasteiger partial charge in [0, 0.05) is 19.3 Å². The van der Waals surface area contributed by atoms with E-state index in [0.717, 1.165) is 135 Å². The summed E-state index contributed by atoms with van der Waals surface area (Å²) in [5.41, 5.74) is 0. The minimum Gasteiger partial charge on any atom is -0.462 e. The molecule has 0 amide bonds. The first-order valence-corrected chi connectivity index (χ1v) is 29.9. The zero-order chi connectivity index (χ0) is 54.1. The minimum atomic E-state index is -4.78. The summed E-state index contributed by atoms with van der Waals surface area (Å²) in [6.07, 6.45) is 67.4. The van der Waals surface area contributed by atoms with Gasteiger partial charge in [0.15, 0.2) is 6.10 Å². The van der Waals surface area contributed by atoms with Gasteiger partial charge in [-0.2, -0.15) is 0 Å². The molecule has 420 valence electrons. The van der Waals surface area contributed by atoms with Crippen LogP contribution in [0.15, 0.2) is 122 Å². The number of esters is 3. The van der Waals surface area contributed by atoms with Crippen molar-refractivity contribution in [3.05, 3.63) is 122 Å². The maximum Gasteiger partial charge on any atom is 0.472 e. The van der Waals surface area contributed by atoms with E-state index in [9.17, 15) is 28.9 Å². The molecule has 0 aromatic heterocycles. The summed E-state index contributed by atoms with van der Waals surface area (Å²) in [5, 5.41) is 9.81. The van der Waals surface area contributed by atoms with E-state index in [0.29, 0.717) is 19.3 Å². The van der Waals surface area contributed by atoms with E-state index < -0.39 is 57.8 Å². The monoisotopic (exact) mass is 1050 g/mol. The highest BCUT2D eigenvalue weighted by atomic mass is 31.2. The predicted molar refractivity (Wildman–Crippen MR) is 306 cm³/mol. The Balaban J connectivity index is 4.83. The Bertz CT molecular complexity index is 1700. The number of aliphatic hydroxyl groups excluding tert-OH is 1. The molecule has 12 heteroatoms. The molecule has 11 nitrogen and oxygen atoms in total. The molecule has 0 radical (unpaired) electrons. The van der Waals surface area contributed by atoms with Gasteiger partial charge in [-0.25, -0.2) is 4.57 Å². The zero-order valence-electron chi connectivity index (χ0n) is 46.3. The molecule has 0 aromatic carbocycles. The van der Waals surface area contributed by atoms with Crippen LogP contribution >= 0.6 is 7.82 Å². The minimum absolute atomic E-state index is 0.0949. The molecule has 0 rings (SSSR count). The van der Waals surface area contributed by atoms with Crippen LogP contribution in [0.5, 0.6) is 0 Å². The van der Waals surface area contributed by atoms with Crippen LogP contribution in [-0.4, -0.2) is 66.5 Å². The number of unbranched alkanes of at least 4 members (excludes halogenated alkanes) is 14. The van der Waals surface area contributed by atoms with Crippen molar-refractivity contribution in [1.82, 2.24) is 0 Å². The van der Waals surface area contributed by atoms with Crippen LogP contribution in [0.4, 0.5) is 0 Å². The van der Waals surface area contributed by atoms with E-state index in [-0.39, 0.29) is 25.9 Å². The number of rotatable bonds is 51. The fourth-order valence-corrected chi connectivity index (χ4v) is 7.88. The molecular formula is C62H101O11P. The van der Waals surface area contributed by atoms with Gasteiger partial charge in [0.1, 0.15) is 12.7 Å². The Labute approximate surface area is 449 Å². The molecule has 0 aliphatic heterocycles. The molecule has 0 aromatic rings. The fraction of sp³-hybridized carbons (Fsp3) is 0.629. The van der Waals surface area contributed by atoms with Gasteiger partial charge in [-0.15, -0.1) is 0 Å². The van der Waals surface area contributed by atoms with Crippen molar-refractivity contribution in [2.45, 2.75) is 226 Å². The van der Waals surface area contributed by atoms with E-state index in [4.69, 9.17) is 23.3 Å². The van der Waals surface area contributed by atoms with Crippen molar-refractivity contribution < 1.29 is 52.2 Å². The maximum atomic E-state index is 12.9. The molecule has 0 aliphatic carbocycles. The van der Waals surface area contributed by atoms with E-state index >= 15 is 0 Å². The van der Waals surface area contributed by atoms with Crippen LogP contribution in [0.3, 0.4) is 0 Å². The molecule has 74 heavy (non-hydrogen) atoms. The third kappa shape index (κ3) is 52.7. The lowest BCUT2D eigenvalue weighted by Gasteiger charge is -2.21. The Hall–Kier alpha value is -4.12. The third-order valence-electron chi connectivity index (χ3n) is 11.4. The summed E-state index contributed by atoms with van der Waals surface area (Å²) < 4.78 is 39.4. The van der Waals surface area contributed by atoms with Crippen LogP contribution in [0.1, 0.15) is 213 Å². The van der Waals surface area contributed by atoms with Gasteiger partial charge in [0.05, 0.1) is 19.8 Å². The first-order chi connectivity index (χ1) is 36.2. The van der Waals surface area contributed by atoms with Gasteiger partial charge in [0.25, 0.3) is 0 Å². The van der Waals surface area contributed by atoms with Crippen molar-refractivity contribution in [2.75, 3.05) is 26.4 Å². The summed E-state index contributed by atoms with van der Waals surface area (Å²) in [6, 6.07) is 0. The van der Waals surface area contributed by atoms with Gasteiger partial charge in [0.2, 0.25) is 0 Å². The second kappa shape index (κ2) is 55.1. The van der Waals surface area contributed by atoms with Gasteiger partial charge in [-0.1, -0.05) is 200 Å². The second-order valence-corrected chi connectivity index (χ2v) is 19.8. The predicted octanol–water partition coefficient (Wildman–Crippen LogP) is 16.8. The molecule has 0 aliphatic rings. The number of hydrogen-bond donors (Lipinski definition) is 2. The van der Waals surface area contributed by atoms with Crippen LogP contribution in [0.25, 0.3) is 0 Å². The highest BCUT2D eigenvalue weighted by Crippen LogP contribution is 2.43. The Morgan fingerprint density at radius 3 is 1.14 bits per heavy atom. The van der Waals surface area contributed by atoms with Gasteiger partial charge in [-0.3, -0.25) is 23.4 Å². The van der Waals surface area contributed by atoms with Gasteiger partial charge < -0.3 is 24.2 Å². The normalized spacial score (nSPS) is 14.3. The molecule has 0 spiro atoms. The highest BCUT2D eigenvalue weighted by Gasteiger charge is 2.28. The van der Waals surface area contributed by atoms with Gasteiger partial charge >= 0.3 is 25.7 Å². The molecule has 0 heterocycles. The quantitative estimate of drug-likeness (QED) is 0.0197. The number of phosphoric ester groups is 1. The molecule has 0 saturated carbocycles. The Kier molecular flexibility index (Phi) is 52.1. The van der Waals surface area contributed by atoms with Crippen LogP contribution < -0.4 is 0 Å². The van der Waals surface area contributed by atoms with Crippen molar-refractivity contribution in [3.8, 4) is 0 Å². The number of phosphoric acid groups is 1. The summed E-state index contributed by atoms with van der Waals surface area (Å²) in [4.78, 5) is 48.5. The van der Waals surface area contributed by atoms with Crippen molar-refractivity contribution >= 4 is 25.7 Å². The van der Waals surface area contributed by atoms with E-state index in [1.807, 2.05) is 12.2 Å². The lowest BCUT2D eigenvalue weighted by molar-refractivity contribution is -0.161. The molecule has 0 fully saturated rings. The Morgan fingerprint density at radius 2 is 0.730 bits per heavy atom. The standard InChI is InChI=1S/C62H101O11P/c1-4-7-10-13-16-19-22-25-27-28-29-30-32-35-38-41-44-47-50-53-62(66)73-59(55-69-60(64)51-48-45-42-39-36-33-24-21-18-15-12-9-6-3)57-71-74(67,68)70-56-58(54-63)72-61(65)52-49-46-43-40-37-34-31-26-23-20-17-14-11-8-5-2/h7,9-10,12,16-21,25-27,29-31,33,36,42,45,58-59,63H,4-6,8,11,13-15,22-24,28,32,34-35,37-41,43-44,46-57H2,1-3H3,(H,67,68)/b10-7-,12-9-,19-16-,20-17-,21-18-,27-25-,30-29-,31-26-,36-33-,45-42-. The number of carbonyl (C=O) groups excluding carboxylic acids is 3. The average Bonchev–Trinajstić information content (AvgIpc) is 3.39. The number of hydrogen-bond acceptors (Lipinski definition) is 10. The Morgan fingerprint density at radius 1 is 0.392 bits per heavy atom. The van der Waals surface area contributed by atoms with Crippen molar-refractivity contribution in [2.24, 2.45) is 0 Å². The SMILES string of the molecule is CC/C=C\C/C=C\C/C=C\C/C=C\CCCCCCCCC(=O)OC(COC(=O)CC/C=C\C/C=C\C/C=C\C/C=C\CC)COP(=O)(O)OCC(CO)OC(=O)CCCCCCC/C=C\C/C=C\CCCCC. The molecule has 3 unspecified atom stereocenters. The van der Waals surface area contributed by atoms with Crippen LogP contribution in [-0.2, 0) is 42.2 Å². The fourth-order valence-electron chi connectivity index (χ4n) is 7.10. The smallest absolute Gasteiger partial charge is 0.462 e. The molecule has 3 atom stereocenters. The highest BCUT2D eigenvalue weighted by molar-refractivity contribution is 7.47. The van der Waals surface area contributed by atoms with E-state index in [2.05, 4.69) is 130 Å². The van der Waals surface area contributed by atoms with Crippen molar-refractivity contribution in [1.29, 1.82) is 0 Å². The summed E-state index contributed by atoms with van der Waals surface area (Å²) in [7, 11) is -4.78. The van der Waals surface area contributed by atoms with E-state index in [1.165, 1.54) is 19.3 Å². The maximum absolute atomic E-state index is 12.9. The zero-order valence-corrected chi connectivity index (χ0v) is 47.2. The topological polar surface area (TPSA) is 155 Å². The number of aliphatic hydroxyl groups is 1. The summed E-state index contributed by atoms with van der Waals surface area (Å²) >= 11 is 0. The third-order valence-corrected chi connectivity index (χ3v) is 12.3. The number of allylic oxidation sites excluding steroid dienone is 20. The van der Waals surface area contributed by atoms with E-state index in [1.54, 1.807) is 0 Å². The molecular weight excluding hydrogens is 952 g/mol. The first-order valence-electron chi connectivity index (χ1n) is 28.4. The van der Waals surface area contributed by atoms with Crippen LogP contribution in [0, 0.1) is 0 Å². The average molecular weight is 1050 g/mol. The van der Waals surface area contributed by atoms with Crippen LogP contribution in [0.2, 0.25) is 0 Å². The summed E-state index contributed by atoms with van der Waals surface area (Å²) in [6.45, 7) is 4.26. The first kappa shape index (κ1) is 69.9. The molecule has 2 N–H and O–H groups in total. The largest absolute Gasteiger partial charge is 0.472 e. The number of carbonyl (C=O) groups is 3. The number of ether oxygens (including phenoxy) is 3. The lowest BCUT2D eigenvalue weighted by atomic mass is 10.1. The molecule has 0 saturated heterocycles. The summed E-state index contributed by atoms with van der Waals surface area (Å²) in [5.74, 6) is -1.61. The van der Waals surface area contributed by atoms with Crippen molar-refractivity contribution in [3.63, 3.8) is 0 Å². The second-order valence-electron chi connectivity index (χ2n) is 18.3. The molecule has 0 bridgehead atoms. The van der Waals surface area contributed by atoms with Gasteiger partial charge in [-0.05, 0) is 116 Å².